The molecule has 27 heavy (non-hydrogen) atoms. The summed E-state index contributed by atoms with van der Waals surface area (Å²) in [6.07, 6.45) is 8.27. The molecule has 0 bridgehead atoms. The van der Waals surface area contributed by atoms with Crippen LogP contribution in [0.15, 0.2) is 0 Å². The van der Waals surface area contributed by atoms with Crippen molar-refractivity contribution in [2.75, 3.05) is 19.6 Å². The van der Waals surface area contributed by atoms with Gasteiger partial charge in [-0.1, -0.05) is 25.7 Å². The van der Waals surface area contributed by atoms with Crippen molar-refractivity contribution in [2.24, 2.45) is 5.92 Å². The van der Waals surface area contributed by atoms with Gasteiger partial charge in [0.2, 0.25) is 0 Å². The van der Waals surface area contributed by atoms with E-state index in [0.29, 0.717) is 25.6 Å². The molecule has 7 nitrogen and oxygen atoms in total. The molecule has 7 heteroatoms. The molecule has 3 N–H and O–H groups in total. The van der Waals surface area contributed by atoms with Crippen LogP contribution in [0.5, 0.6) is 0 Å². The minimum absolute atomic E-state index is 0.0345. The highest BCUT2D eigenvalue weighted by atomic mass is 16.2. The zero-order valence-corrected chi connectivity index (χ0v) is 17.1. The molecule has 0 radical (unpaired) electrons. The minimum Gasteiger partial charge on any atom is -0.348 e. The van der Waals surface area contributed by atoms with Gasteiger partial charge in [0, 0.05) is 31.2 Å². The maximum atomic E-state index is 12.2. The number of piperidine rings is 1. The van der Waals surface area contributed by atoms with E-state index in [4.69, 9.17) is 0 Å². The summed E-state index contributed by atoms with van der Waals surface area (Å²) < 4.78 is 0. The van der Waals surface area contributed by atoms with E-state index >= 15 is 0 Å². The number of likely N-dealkylation sites (tertiary alicyclic amines) is 1. The molecule has 0 aromatic carbocycles. The van der Waals surface area contributed by atoms with Gasteiger partial charge in [0.1, 0.15) is 0 Å². The maximum absolute atomic E-state index is 12.2. The lowest BCUT2D eigenvalue weighted by atomic mass is 9.97. The van der Waals surface area contributed by atoms with E-state index < -0.39 is 11.8 Å². The summed E-state index contributed by atoms with van der Waals surface area (Å²) in [6, 6.07) is 0.100. The Labute approximate surface area is 163 Å². The van der Waals surface area contributed by atoms with E-state index in [1.54, 1.807) is 0 Å². The van der Waals surface area contributed by atoms with Gasteiger partial charge >= 0.3 is 17.8 Å². The first kappa shape index (κ1) is 21.5. The molecule has 1 saturated carbocycles. The van der Waals surface area contributed by atoms with Gasteiger partial charge in [-0.25, -0.2) is 4.79 Å². The van der Waals surface area contributed by atoms with Gasteiger partial charge in [0.15, 0.2) is 0 Å². The van der Waals surface area contributed by atoms with Gasteiger partial charge in [-0.2, -0.15) is 0 Å². The van der Waals surface area contributed by atoms with Crippen LogP contribution in [0.25, 0.3) is 0 Å². The highest BCUT2D eigenvalue weighted by Crippen LogP contribution is 2.18. The number of amides is 4. The summed E-state index contributed by atoms with van der Waals surface area (Å²) in [5, 5.41) is 8.62. The molecule has 2 rings (SSSR count). The number of urea groups is 1. The van der Waals surface area contributed by atoms with Crippen LogP contribution in [0.1, 0.15) is 72.1 Å². The fraction of sp³-hybridized carbons (Fsp3) is 0.850. The standard InChI is InChI=1S/C20H36N4O3/c1-20(2,3)23-19(27)24-12-10-15(11-13-24)14-21-17(25)18(26)22-16-8-6-4-5-7-9-16/h15-16H,4-14H2,1-3H3,(H,21,25)(H,22,26)(H,23,27). The summed E-state index contributed by atoms with van der Waals surface area (Å²) in [5.41, 5.74) is -0.243. The Kier molecular flexibility index (Phi) is 7.92. The van der Waals surface area contributed by atoms with Gasteiger partial charge in [-0.3, -0.25) is 9.59 Å². The van der Waals surface area contributed by atoms with Crippen LogP contribution in [0, 0.1) is 5.92 Å². The molecule has 0 atom stereocenters. The molecule has 4 amide bonds. The van der Waals surface area contributed by atoms with E-state index in [9.17, 15) is 14.4 Å². The van der Waals surface area contributed by atoms with Gasteiger partial charge in [-0.15, -0.1) is 0 Å². The van der Waals surface area contributed by atoms with E-state index in [-0.39, 0.29) is 17.6 Å². The Bertz CT molecular complexity index is 514. The largest absolute Gasteiger partial charge is 0.348 e. The molecular formula is C20H36N4O3. The third-order valence-electron chi connectivity index (χ3n) is 5.33. The summed E-state index contributed by atoms with van der Waals surface area (Å²) >= 11 is 0. The maximum Gasteiger partial charge on any atom is 0.317 e. The lowest BCUT2D eigenvalue weighted by Crippen LogP contribution is -2.51. The second-order valence-corrected chi connectivity index (χ2v) is 8.98. The number of carbonyl (C=O) groups is 3. The Hall–Kier alpha value is -1.79. The van der Waals surface area contributed by atoms with Crippen LogP contribution < -0.4 is 16.0 Å². The molecule has 0 unspecified atom stereocenters. The molecule has 1 aliphatic heterocycles. The average Bonchev–Trinajstić information content (AvgIpc) is 2.87. The average molecular weight is 381 g/mol. The SMILES string of the molecule is CC(C)(C)NC(=O)N1CCC(CNC(=O)C(=O)NC2CCCCCC2)CC1. The topological polar surface area (TPSA) is 90.5 Å². The summed E-state index contributed by atoms with van der Waals surface area (Å²) in [6.45, 7) is 7.74. The van der Waals surface area contributed by atoms with Crippen molar-refractivity contribution in [3.8, 4) is 0 Å². The molecule has 2 fully saturated rings. The minimum atomic E-state index is -0.535. The zero-order chi connectivity index (χ0) is 19.9. The van der Waals surface area contributed by atoms with E-state index in [2.05, 4.69) is 16.0 Å². The summed E-state index contributed by atoms with van der Waals surface area (Å²) in [7, 11) is 0. The zero-order valence-electron chi connectivity index (χ0n) is 17.1. The van der Waals surface area contributed by atoms with Crippen LogP contribution in [-0.4, -0.2) is 54.0 Å². The Morgan fingerprint density at radius 2 is 1.48 bits per heavy atom. The second kappa shape index (κ2) is 9.95. The monoisotopic (exact) mass is 380 g/mol. The third-order valence-corrected chi connectivity index (χ3v) is 5.33. The molecular weight excluding hydrogens is 344 g/mol. The van der Waals surface area contributed by atoms with Gasteiger partial charge in [0.05, 0.1) is 0 Å². The fourth-order valence-corrected chi connectivity index (χ4v) is 3.73. The molecule has 0 aromatic rings. The molecule has 1 saturated heterocycles. The number of hydrogen-bond donors (Lipinski definition) is 3. The van der Waals surface area contributed by atoms with Gasteiger partial charge < -0.3 is 20.9 Å². The smallest absolute Gasteiger partial charge is 0.317 e. The Morgan fingerprint density at radius 3 is 2.04 bits per heavy atom. The number of nitrogens with one attached hydrogen (secondary N) is 3. The normalized spacial score (nSPS) is 19.9. The molecule has 2 aliphatic rings. The molecule has 1 aliphatic carbocycles. The van der Waals surface area contributed by atoms with Crippen LogP contribution in [0.3, 0.4) is 0 Å². The highest BCUT2D eigenvalue weighted by molar-refractivity contribution is 6.35. The van der Waals surface area contributed by atoms with Crippen LogP contribution in [0.2, 0.25) is 0 Å². The predicted molar refractivity (Wildman–Crippen MR) is 105 cm³/mol. The lowest BCUT2D eigenvalue weighted by Gasteiger charge is -2.34. The Balaban J connectivity index is 1.66. The Morgan fingerprint density at radius 1 is 0.889 bits per heavy atom. The molecule has 1 heterocycles. The quantitative estimate of drug-likeness (QED) is 0.518. The van der Waals surface area contributed by atoms with Crippen molar-refractivity contribution in [1.29, 1.82) is 0 Å². The van der Waals surface area contributed by atoms with Crippen molar-refractivity contribution in [3.05, 3.63) is 0 Å². The van der Waals surface area contributed by atoms with Crippen molar-refractivity contribution < 1.29 is 14.4 Å². The first-order chi connectivity index (χ1) is 12.7. The van der Waals surface area contributed by atoms with Crippen molar-refractivity contribution in [1.82, 2.24) is 20.9 Å². The fourth-order valence-electron chi connectivity index (χ4n) is 3.73. The number of hydrogen-bond acceptors (Lipinski definition) is 3. The number of rotatable bonds is 3. The first-order valence-electron chi connectivity index (χ1n) is 10.4. The van der Waals surface area contributed by atoms with Gasteiger partial charge in [-0.05, 0) is 52.4 Å². The van der Waals surface area contributed by atoms with Crippen molar-refractivity contribution in [2.45, 2.75) is 83.7 Å². The summed E-state index contributed by atoms with van der Waals surface area (Å²) in [4.78, 5) is 38.2. The lowest BCUT2D eigenvalue weighted by molar-refractivity contribution is -0.139. The molecule has 154 valence electrons. The third kappa shape index (κ3) is 7.77. The van der Waals surface area contributed by atoms with E-state index in [1.165, 1.54) is 12.8 Å². The van der Waals surface area contributed by atoms with Crippen molar-refractivity contribution in [3.63, 3.8) is 0 Å². The van der Waals surface area contributed by atoms with E-state index in [1.807, 2.05) is 25.7 Å². The van der Waals surface area contributed by atoms with Crippen LogP contribution in [0.4, 0.5) is 4.79 Å². The van der Waals surface area contributed by atoms with Gasteiger partial charge in [0.25, 0.3) is 0 Å². The summed E-state index contributed by atoms with van der Waals surface area (Å²) in [5.74, 6) is -0.741. The molecule has 0 spiro atoms. The second-order valence-electron chi connectivity index (χ2n) is 8.98. The number of nitrogens with zero attached hydrogens (tertiary/aromatic N) is 1. The highest BCUT2D eigenvalue weighted by Gasteiger charge is 2.26. The number of carbonyl (C=O) groups excluding carboxylic acids is 3. The van der Waals surface area contributed by atoms with Crippen LogP contribution in [-0.2, 0) is 9.59 Å². The van der Waals surface area contributed by atoms with Crippen molar-refractivity contribution >= 4 is 17.8 Å². The molecule has 0 aromatic heterocycles. The first-order valence-corrected chi connectivity index (χ1v) is 10.4. The predicted octanol–water partition coefficient (Wildman–Crippen LogP) is 2.16. The van der Waals surface area contributed by atoms with E-state index in [0.717, 1.165) is 38.5 Å². The van der Waals surface area contributed by atoms with Crippen LogP contribution >= 0.6 is 0 Å².